The number of hydrogen-bond donors (Lipinski definition) is 5. The number of ether oxygens (including phenoxy) is 4. The lowest BCUT2D eigenvalue weighted by molar-refractivity contribution is -0.128. The van der Waals surface area contributed by atoms with E-state index in [4.69, 9.17) is 24.7 Å². The van der Waals surface area contributed by atoms with Crippen molar-refractivity contribution in [1.82, 2.24) is 20.5 Å². The van der Waals surface area contributed by atoms with Gasteiger partial charge in [-0.25, -0.2) is 23.7 Å². The molecule has 0 saturated heterocycles. The number of fused-ring (bicyclic) bond motifs is 1. The van der Waals surface area contributed by atoms with Crippen molar-refractivity contribution in [3.05, 3.63) is 95.7 Å². The molecule has 3 aromatic carbocycles. The van der Waals surface area contributed by atoms with E-state index in [1.807, 2.05) is 30.3 Å². The number of rotatable bonds is 16. The van der Waals surface area contributed by atoms with Crippen molar-refractivity contribution in [2.24, 2.45) is 11.7 Å². The van der Waals surface area contributed by atoms with Crippen LogP contribution in [0.1, 0.15) is 69.1 Å². The molecular formula is C41H50N6O10. The van der Waals surface area contributed by atoms with E-state index in [0.717, 1.165) is 10.1 Å². The number of primary amides is 1. The van der Waals surface area contributed by atoms with Gasteiger partial charge in [-0.15, -0.1) is 0 Å². The Hall–Kier alpha value is -6.58. The van der Waals surface area contributed by atoms with Gasteiger partial charge in [0.2, 0.25) is 11.8 Å². The summed E-state index contributed by atoms with van der Waals surface area (Å²) in [6, 6.07) is 19.9. The number of alkyl carbamates (subject to hydrolysis) is 1. The number of nitrogens with zero attached hydrogens (tertiary/aromatic N) is 1. The first kappa shape index (κ1) is 43.2. The van der Waals surface area contributed by atoms with Crippen LogP contribution in [0.5, 0.6) is 5.75 Å². The van der Waals surface area contributed by atoms with Gasteiger partial charge >= 0.3 is 24.2 Å². The summed E-state index contributed by atoms with van der Waals surface area (Å²) in [4.78, 5) is 76.7. The zero-order valence-electron chi connectivity index (χ0n) is 32.9. The van der Waals surface area contributed by atoms with Crippen LogP contribution in [0.4, 0.5) is 20.1 Å². The van der Waals surface area contributed by atoms with Crippen LogP contribution in [-0.4, -0.2) is 71.9 Å². The molecule has 0 spiro atoms. The number of nitrogens with two attached hydrogens (primary N) is 1. The minimum Gasteiger partial charge on any atom is -0.489 e. The summed E-state index contributed by atoms with van der Waals surface area (Å²) in [5.74, 6) is -1.75. The van der Waals surface area contributed by atoms with Crippen molar-refractivity contribution in [3.63, 3.8) is 0 Å². The molecule has 0 aliphatic carbocycles. The summed E-state index contributed by atoms with van der Waals surface area (Å²) in [6.07, 6.45) is -1.18. The minimum absolute atomic E-state index is 0.0249. The first-order chi connectivity index (χ1) is 27.0. The molecule has 0 saturated carbocycles. The van der Waals surface area contributed by atoms with E-state index < -0.39 is 53.7 Å². The van der Waals surface area contributed by atoms with Crippen molar-refractivity contribution in [2.45, 2.75) is 78.4 Å². The lowest BCUT2D eigenvalue weighted by Crippen LogP contribution is -2.55. The van der Waals surface area contributed by atoms with Gasteiger partial charge < -0.3 is 45.9 Å². The smallest absolute Gasteiger partial charge is 0.419 e. The van der Waals surface area contributed by atoms with Crippen molar-refractivity contribution in [1.29, 1.82) is 0 Å². The fraction of sp³-hybridized carbons (Fsp3) is 0.366. The summed E-state index contributed by atoms with van der Waals surface area (Å²) in [5, 5.41) is 11.1. The van der Waals surface area contributed by atoms with Crippen LogP contribution in [0.3, 0.4) is 0 Å². The number of nitrogens with one attached hydrogen (secondary N) is 4. The van der Waals surface area contributed by atoms with Gasteiger partial charge in [-0.1, -0.05) is 56.3 Å². The molecule has 2 atom stereocenters. The van der Waals surface area contributed by atoms with Crippen LogP contribution in [0, 0.1) is 5.92 Å². The fourth-order valence-electron chi connectivity index (χ4n) is 5.60. The highest BCUT2D eigenvalue weighted by atomic mass is 16.6. The van der Waals surface area contributed by atoms with Gasteiger partial charge in [-0.2, -0.15) is 0 Å². The Morgan fingerprint density at radius 2 is 1.51 bits per heavy atom. The molecule has 16 nitrogen and oxygen atoms in total. The third-order valence-corrected chi connectivity index (χ3v) is 8.41. The Morgan fingerprint density at radius 1 is 0.825 bits per heavy atom. The minimum atomic E-state index is -1.06. The Kier molecular flexibility index (Phi) is 15.0. The van der Waals surface area contributed by atoms with Gasteiger partial charge in [0, 0.05) is 23.7 Å². The maximum Gasteiger partial charge on any atom is 0.419 e. The number of urea groups is 1. The van der Waals surface area contributed by atoms with Gasteiger partial charge in [0.15, 0.2) is 0 Å². The second kappa shape index (κ2) is 19.8. The fourth-order valence-corrected chi connectivity index (χ4v) is 5.60. The lowest BCUT2D eigenvalue weighted by atomic mass is 10.0. The van der Waals surface area contributed by atoms with Crippen molar-refractivity contribution >= 4 is 52.6 Å². The van der Waals surface area contributed by atoms with Crippen molar-refractivity contribution in [2.75, 3.05) is 19.0 Å². The second-order valence-electron chi connectivity index (χ2n) is 14.5. The van der Waals surface area contributed by atoms with Gasteiger partial charge in [0.1, 0.15) is 42.3 Å². The maximum atomic E-state index is 13.5. The van der Waals surface area contributed by atoms with Gasteiger partial charge in [0.25, 0.3) is 0 Å². The van der Waals surface area contributed by atoms with Gasteiger partial charge in [0.05, 0.1) is 12.6 Å². The summed E-state index contributed by atoms with van der Waals surface area (Å²) in [6.45, 7) is 8.86. The normalized spacial score (nSPS) is 12.2. The molecule has 0 radical (unpaired) electrons. The Morgan fingerprint density at radius 3 is 2.14 bits per heavy atom. The molecule has 1 heterocycles. The second-order valence-corrected chi connectivity index (χ2v) is 14.5. The number of methoxy groups -OCH3 is 1. The molecule has 0 bridgehead atoms. The standard InChI is InChI=1S/C41H50N6O10/c1-25(2)34(46-39(52)57-41(3,4)5)36(49)45-31(13-10-20-43-38(42)51)35(48)44-29-17-14-27(15-18-29)24-56-40(53)47-32-22-30(55-23-26-11-8-7-9-12-26)19-16-28(32)21-33(47)37(50)54-6/h7-9,11-12,14-19,21-22,25,31,34H,10,13,20,23-24H2,1-6H3,(H,44,48)(H,45,49)(H,46,52)(H3,42,43,51)/t31-,34-/m0/s1. The van der Waals surface area contributed by atoms with E-state index in [1.165, 1.54) is 13.2 Å². The molecule has 0 unspecified atom stereocenters. The zero-order valence-corrected chi connectivity index (χ0v) is 32.9. The quantitative estimate of drug-likeness (QED) is 0.0537. The lowest BCUT2D eigenvalue weighted by Gasteiger charge is -2.27. The largest absolute Gasteiger partial charge is 0.489 e. The Bertz CT molecular complexity index is 2040. The van der Waals surface area contributed by atoms with Crippen LogP contribution in [0.15, 0.2) is 78.9 Å². The van der Waals surface area contributed by atoms with Crippen molar-refractivity contribution in [3.8, 4) is 5.75 Å². The molecule has 4 aromatic rings. The van der Waals surface area contributed by atoms with E-state index in [9.17, 15) is 28.8 Å². The van der Waals surface area contributed by atoms with Crippen LogP contribution in [0.2, 0.25) is 0 Å². The predicted octanol–water partition coefficient (Wildman–Crippen LogP) is 5.61. The molecule has 16 heteroatoms. The summed E-state index contributed by atoms with van der Waals surface area (Å²) in [5.41, 5.74) is 6.64. The van der Waals surface area contributed by atoms with Crippen molar-refractivity contribution < 1.29 is 47.7 Å². The van der Waals surface area contributed by atoms with Gasteiger partial charge in [-0.05, 0) is 81.0 Å². The number of amides is 5. The third-order valence-electron chi connectivity index (χ3n) is 8.41. The van der Waals surface area contributed by atoms with Crippen LogP contribution in [0.25, 0.3) is 10.9 Å². The number of carbonyl (C=O) groups is 6. The molecule has 5 amide bonds. The predicted molar refractivity (Wildman–Crippen MR) is 211 cm³/mol. The summed E-state index contributed by atoms with van der Waals surface area (Å²) < 4.78 is 22.9. The topological polar surface area (TPSA) is 218 Å². The highest BCUT2D eigenvalue weighted by Gasteiger charge is 2.30. The molecule has 1 aromatic heterocycles. The van der Waals surface area contributed by atoms with Crippen LogP contribution < -0.4 is 31.7 Å². The van der Waals surface area contributed by atoms with E-state index in [1.54, 1.807) is 77.1 Å². The zero-order chi connectivity index (χ0) is 41.7. The number of benzene rings is 3. The summed E-state index contributed by atoms with van der Waals surface area (Å²) in [7, 11) is 1.22. The molecule has 0 fully saturated rings. The van der Waals surface area contributed by atoms with E-state index >= 15 is 0 Å². The average Bonchev–Trinajstić information content (AvgIpc) is 3.55. The van der Waals surface area contributed by atoms with E-state index in [2.05, 4.69) is 21.3 Å². The first-order valence-corrected chi connectivity index (χ1v) is 18.3. The Balaban J connectivity index is 1.43. The van der Waals surface area contributed by atoms with E-state index in [0.29, 0.717) is 40.9 Å². The van der Waals surface area contributed by atoms with E-state index in [-0.39, 0.29) is 31.2 Å². The highest BCUT2D eigenvalue weighted by Crippen LogP contribution is 2.27. The first-order valence-electron chi connectivity index (χ1n) is 18.3. The molecular weight excluding hydrogens is 736 g/mol. The SMILES string of the molecule is COC(=O)c1cc2ccc(OCc3ccccc3)cc2n1C(=O)OCc1ccc(NC(=O)[C@H](CCCNC(N)=O)NC(=O)[C@@H](NC(=O)OC(C)(C)C)C(C)C)cc1. The van der Waals surface area contributed by atoms with Crippen LogP contribution >= 0.6 is 0 Å². The number of aromatic nitrogens is 1. The number of carbonyl (C=O) groups excluding carboxylic acids is 6. The molecule has 6 N–H and O–H groups in total. The highest BCUT2D eigenvalue weighted by molar-refractivity contribution is 6.02. The maximum absolute atomic E-state index is 13.5. The molecule has 0 aliphatic rings. The third kappa shape index (κ3) is 13.0. The number of hydrogen-bond acceptors (Lipinski definition) is 10. The van der Waals surface area contributed by atoms with Crippen LogP contribution in [-0.2, 0) is 37.0 Å². The number of anilines is 1. The summed E-state index contributed by atoms with van der Waals surface area (Å²) >= 11 is 0. The molecule has 4 rings (SSSR count). The number of esters is 1. The average molecular weight is 787 g/mol. The molecule has 57 heavy (non-hydrogen) atoms. The Labute approximate surface area is 330 Å². The molecule has 304 valence electrons. The molecule has 0 aliphatic heterocycles. The monoisotopic (exact) mass is 786 g/mol. The van der Waals surface area contributed by atoms with Gasteiger partial charge in [-0.3, -0.25) is 9.59 Å².